The molecule has 0 heterocycles. The summed E-state index contributed by atoms with van der Waals surface area (Å²) >= 11 is 0. The molecular weight excluding hydrogens is 208 g/mol. The molecule has 0 atom stereocenters. The van der Waals surface area contributed by atoms with Crippen molar-refractivity contribution in [1.29, 1.82) is 0 Å². The second-order valence-electron chi connectivity index (χ2n) is 6.74. The van der Waals surface area contributed by atoms with Gasteiger partial charge < -0.3 is 0 Å². The van der Waals surface area contributed by atoms with Gasteiger partial charge in [-0.25, -0.2) is 0 Å². The summed E-state index contributed by atoms with van der Waals surface area (Å²) in [5.41, 5.74) is 0.404. The molecule has 0 aromatic heterocycles. The summed E-state index contributed by atoms with van der Waals surface area (Å²) in [5, 5.41) is 0. The van der Waals surface area contributed by atoms with Gasteiger partial charge in [-0.2, -0.15) is 0 Å². The standard InChI is InChI=1S/C16H22O/c1-2-3-4-15(17)11-16-8-12-5-13(9-16)7-14(6-12)10-16/h12-14H,4-11H2,1H3. The van der Waals surface area contributed by atoms with E-state index in [4.69, 9.17) is 0 Å². The Bertz CT molecular complexity index is 347. The van der Waals surface area contributed by atoms with E-state index in [1.54, 1.807) is 0 Å². The Kier molecular flexibility index (Phi) is 2.77. The molecule has 1 heteroatoms. The summed E-state index contributed by atoms with van der Waals surface area (Å²) in [6.07, 6.45) is 9.70. The molecule has 1 nitrogen and oxygen atoms in total. The largest absolute Gasteiger partial charge is 0.299 e. The molecule has 0 spiro atoms. The lowest BCUT2D eigenvalue weighted by Gasteiger charge is -2.56. The molecule has 0 amide bonds. The van der Waals surface area contributed by atoms with Gasteiger partial charge in [-0.15, -0.1) is 5.92 Å². The van der Waals surface area contributed by atoms with Crippen molar-refractivity contribution in [2.45, 2.75) is 58.3 Å². The van der Waals surface area contributed by atoms with Crippen LogP contribution in [0, 0.1) is 35.0 Å². The average molecular weight is 230 g/mol. The first-order valence-electron chi connectivity index (χ1n) is 7.10. The van der Waals surface area contributed by atoms with Gasteiger partial charge in [-0.1, -0.05) is 5.92 Å². The Hall–Kier alpha value is -0.770. The van der Waals surface area contributed by atoms with Crippen LogP contribution in [0.1, 0.15) is 58.3 Å². The molecular formula is C16H22O. The van der Waals surface area contributed by atoms with E-state index >= 15 is 0 Å². The average Bonchev–Trinajstić information content (AvgIpc) is 2.23. The summed E-state index contributed by atoms with van der Waals surface area (Å²) in [4.78, 5) is 12.0. The Morgan fingerprint density at radius 2 is 1.65 bits per heavy atom. The quantitative estimate of drug-likeness (QED) is 0.677. The number of carbonyl (C=O) groups is 1. The number of hydrogen-bond donors (Lipinski definition) is 0. The lowest BCUT2D eigenvalue weighted by atomic mass is 9.48. The number of rotatable bonds is 3. The molecule has 17 heavy (non-hydrogen) atoms. The van der Waals surface area contributed by atoms with E-state index in [9.17, 15) is 4.79 Å². The number of ketones is 1. The Balaban J connectivity index is 1.69. The minimum Gasteiger partial charge on any atom is -0.299 e. The SMILES string of the molecule is CC#CCC(=O)CC12CC3CC(CC(C3)C1)C2. The molecule has 0 saturated heterocycles. The molecule has 0 aromatic rings. The number of Topliss-reactive ketones (excluding diaryl/α,β-unsaturated/α-hetero) is 1. The van der Waals surface area contributed by atoms with Gasteiger partial charge in [0.05, 0.1) is 6.42 Å². The third-order valence-corrected chi connectivity index (χ3v) is 5.20. The highest BCUT2D eigenvalue weighted by atomic mass is 16.1. The van der Waals surface area contributed by atoms with E-state index < -0.39 is 0 Å². The van der Waals surface area contributed by atoms with E-state index in [0.717, 1.165) is 24.2 Å². The molecule has 4 bridgehead atoms. The zero-order valence-corrected chi connectivity index (χ0v) is 10.8. The highest BCUT2D eigenvalue weighted by molar-refractivity contribution is 5.81. The molecule has 0 aliphatic heterocycles. The van der Waals surface area contributed by atoms with Crippen molar-refractivity contribution in [2.24, 2.45) is 23.2 Å². The van der Waals surface area contributed by atoms with E-state index in [0.29, 0.717) is 17.6 Å². The first-order chi connectivity index (χ1) is 8.19. The van der Waals surface area contributed by atoms with E-state index in [-0.39, 0.29) is 0 Å². The normalized spacial score (nSPS) is 42.1. The van der Waals surface area contributed by atoms with Crippen LogP contribution in [0.5, 0.6) is 0 Å². The van der Waals surface area contributed by atoms with E-state index in [2.05, 4.69) is 11.8 Å². The van der Waals surface area contributed by atoms with Crippen molar-refractivity contribution in [3.05, 3.63) is 0 Å². The predicted molar refractivity (Wildman–Crippen MR) is 68.3 cm³/mol. The topological polar surface area (TPSA) is 17.1 Å². The molecule has 0 N–H and O–H groups in total. The van der Waals surface area contributed by atoms with Crippen molar-refractivity contribution >= 4 is 5.78 Å². The van der Waals surface area contributed by atoms with Crippen LogP contribution in [0.3, 0.4) is 0 Å². The maximum Gasteiger partial charge on any atom is 0.145 e. The summed E-state index contributed by atoms with van der Waals surface area (Å²) in [6.45, 7) is 1.82. The third kappa shape index (κ3) is 2.15. The third-order valence-electron chi connectivity index (χ3n) is 5.20. The van der Waals surface area contributed by atoms with Crippen LogP contribution in [-0.4, -0.2) is 5.78 Å². The maximum atomic E-state index is 12.0. The van der Waals surface area contributed by atoms with Gasteiger partial charge >= 0.3 is 0 Å². The van der Waals surface area contributed by atoms with Gasteiger partial charge in [0, 0.05) is 6.42 Å². The highest BCUT2D eigenvalue weighted by Gasteiger charge is 2.51. The molecule has 4 saturated carbocycles. The lowest BCUT2D eigenvalue weighted by Crippen LogP contribution is -2.46. The zero-order valence-electron chi connectivity index (χ0n) is 10.8. The molecule has 0 radical (unpaired) electrons. The van der Waals surface area contributed by atoms with Gasteiger partial charge in [0.2, 0.25) is 0 Å². The molecule has 4 rings (SSSR count). The fourth-order valence-electron chi connectivity index (χ4n) is 5.17. The van der Waals surface area contributed by atoms with Crippen LogP contribution in [0.25, 0.3) is 0 Å². The smallest absolute Gasteiger partial charge is 0.145 e. The first-order valence-corrected chi connectivity index (χ1v) is 7.10. The van der Waals surface area contributed by atoms with Crippen molar-refractivity contribution in [1.82, 2.24) is 0 Å². The van der Waals surface area contributed by atoms with Gasteiger partial charge in [0.25, 0.3) is 0 Å². The molecule has 92 valence electrons. The van der Waals surface area contributed by atoms with Crippen LogP contribution in [-0.2, 0) is 4.79 Å². The Labute approximate surface area is 104 Å². The fraction of sp³-hybridized carbons (Fsp3) is 0.812. The maximum absolute atomic E-state index is 12.0. The molecule has 4 fully saturated rings. The molecule has 4 aliphatic rings. The van der Waals surface area contributed by atoms with Crippen molar-refractivity contribution in [3.8, 4) is 11.8 Å². The van der Waals surface area contributed by atoms with E-state index in [1.165, 1.54) is 38.5 Å². The van der Waals surface area contributed by atoms with Gasteiger partial charge in [-0.3, -0.25) is 4.79 Å². The second kappa shape index (κ2) is 4.16. The van der Waals surface area contributed by atoms with Crippen LogP contribution in [0.2, 0.25) is 0 Å². The monoisotopic (exact) mass is 230 g/mol. The Morgan fingerprint density at radius 1 is 1.12 bits per heavy atom. The minimum atomic E-state index is 0.390. The van der Waals surface area contributed by atoms with Crippen molar-refractivity contribution in [3.63, 3.8) is 0 Å². The fourth-order valence-corrected chi connectivity index (χ4v) is 5.17. The van der Waals surface area contributed by atoms with Crippen LogP contribution in [0.4, 0.5) is 0 Å². The van der Waals surface area contributed by atoms with Crippen LogP contribution < -0.4 is 0 Å². The Morgan fingerprint density at radius 3 is 2.12 bits per heavy atom. The second-order valence-corrected chi connectivity index (χ2v) is 6.74. The first kappa shape index (κ1) is 11.3. The molecule has 4 aliphatic carbocycles. The molecule has 0 unspecified atom stereocenters. The zero-order chi connectivity index (χ0) is 11.9. The number of hydrogen-bond acceptors (Lipinski definition) is 1. The lowest BCUT2D eigenvalue weighted by molar-refractivity contribution is -0.126. The van der Waals surface area contributed by atoms with Gasteiger partial charge in [0.1, 0.15) is 5.78 Å². The summed E-state index contributed by atoms with van der Waals surface area (Å²) in [7, 11) is 0. The summed E-state index contributed by atoms with van der Waals surface area (Å²) < 4.78 is 0. The number of carbonyl (C=O) groups excluding carboxylic acids is 1. The van der Waals surface area contributed by atoms with Crippen LogP contribution >= 0.6 is 0 Å². The van der Waals surface area contributed by atoms with Gasteiger partial charge in [-0.05, 0) is 68.6 Å². The predicted octanol–water partition coefficient (Wildman–Crippen LogP) is 3.58. The molecule has 0 aromatic carbocycles. The van der Waals surface area contributed by atoms with Crippen LogP contribution in [0.15, 0.2) is 0 Å². The van der Waals surface area contributed by atoms with E-state index in [1.807, 2.05) is 6.92 Å². The van der Waals surface area contributed by atoms with Crippen molar-refractivity contribution in [2.75, 3.05) is 0 Å². The van der Waals surface area contributed by atoms with Gasteiger partial charge in [0.15, 0.2) is 0 Å². The van der Waals surface area contributed by atoms with Crippen molar-refractivity contribution < 1.29 is 4.79 Å². The minimum absolute atomic E-state index is 0.390. The summed E-state index contributed by atoms with van der Waals surface area (Å²) in [5.74, 6) is 9.01. The summed E-state index contributed by atoms with van der Waals surface area (Å²) in [6, 6.07) is 0. The highest BCUT2D eigenvalue weighted by Crippen LogP contribution is 2.61.